The number of carbonyl (C=O) groups is 1. The molecule has 1 aromatic rings. The van der Waals surface area contributed by atoms with Crippen LogP contribution in [0.3, 0.4) is 0 Å². The number of pyridine rings is 1. The van der Waals surface area contributed by atoms with Crippen molar-refractivity contribution >= 4 is 11.7 Å². The Balaban J connectivity index is 0.00000320. The first-order valence-corrected chi connectivity index (χ1v) is 9.28. The van der Waals surface area contributed by atoms with E-state index in [9.17, 15) is 18.0 Å². The minimum Gasteiger partial charge on any atom is -0.484 e. The summed E-state index contributed by atoms with van der Waals surface area (Å²) in [7, 11) is 1.72. The summed E-state index contributed by atoms with van der Waals surface area (Å²) in [6.07, 6.45) is -1.29. The molecular weight excluding hydrogens is 389 g/mol. The van der Waals surface area contributed by atoms with Gasteiger partial charge in [-0.25, -0.2) is 5.53 Å². The summed E-state index contributed by atoms with van der Waals surface area (Å²) in [6, 6.07) is 0.791. The molecule has 0 radical (unpaired) electrons. The molecule has 1 aromatic heterocycles. The van der Waals surface area contributed by atoms with Crippen LogP contribution in [0.25, 0.3) is 0 Å². The Morgan fingerprint density at radius 3 is 2.62 bits per heavy atom. The van der Waals surface area contributed by atoms with Crippen LogP contribution in [0.5, 0.6) is 5.75 Å². The van der Waals surface area contributed by atoms with Gasteiger partial charge in [0.25, 0.3) is 5.91 Å². The van der Waals surface area contributed by atoms with Crippen molar-refractivity contribution in [3.05, 3.63) is 23.5 Å². The van der Waals surface area contributed by atoms with Gasteiger partial charge in [-0.3, -0.25) is 15.2 Å². The Bertz CT molecular complexity index is 808. The van der Waals surface area contributed by atoms with Gasteiger partial charge in [-0.1, -0.05) is 20.8 Å². The van der Waals surface area contributed by atoms with Crippen LogP contribution in [0.15, 0.2) is 17.4 Å². The van der Waals surface area contributed by atoms with Crippen LogP contribution in [0, 0.1) is 5.41 Å². The summed E-state index contributed by atoms with van der Waals surface area (Å²) in [5.74, 6) is 0.165. The predicted molar refractivity (Wildman–Crippen MR) is 102 cm³/mol. The van der Waals surface area contributed by atoms with Gasteiger partial charge in [0, 0.05) is 26.3 Å². The van der Waals surface area contributed by atoms with E-state index in [0.29, 0.717) is 11.4 Å². The van der Waals surface area contributed by atoms with Crippen LogP contribution in [0.1, 0.15) is 57.0 Å². The minimum absolute atomic E-state index is 0. The maximum atomic E-state index is 12.8. The fourth-order valence-electron chi connectivity index (χ4n) is 2.94. The van der Waals surface area contributed by atoms with Crippen LogP contribution in [-0.4, -0.2) is 47.7 Å². The molecule has 0 aromatic carbocycles. The van der Waals surface area contributed by atoms with Gasteiger partial charge in [-0.05, 0) is 24.2 Å². The number of ether oxygens (including phenoxy) is 1. The van der Waals surface area contributed by atoms with Crippen LogP contribution in [0.2, 0.25) is 0 Å². The maximum Gasteiger partial charge on any atom is 0.422 e. The van der Waals surface area contributed by atoms with Crippen molar-refractivity contribution in [2.45, 2.75) is 51.7 Å². The van der Waals surface area contributed by atoms with E-state index in [4.69, 9.17) is 4.74 Å². The number of nitrogens with one attached hydrogen (secondary N) is 3. The zero-order valence-corrected chi connectivity index (χ0v) is 16.7. The first-order chi connectivity index (χ1) is 13.4. The van der Waals surface area contributed by atoms with Gasteiger partial charge in [0.05, 0.1) is 6.04 Å². The maximum absolute atomic E-state index is 12.8. The van der Waals surface area contributed by atoms with Crippen LogP contribution in [0.4, 0.5) is 13.2 Å². The molecule has 1 atom stereocenters. The zero-order valence-electron chi connectivity index (χ0n) is 16.7. The average Bonchev–Trinajstić information content (AvgIpc) is 3.37. The molecule has 3 N–H and O–H groups in total. The molecule has 1 aliphatic heterocycles. The lowest BCUT2D eigenvalue weighted by molar-refractivity contribution is -0.153. The van der Waals surface area contributed by atoms with E-state index in [1.54, 1.807) is 7.05 Å². The molecule has 1 aliphatic carbocycles. The molecule has 1 amide bonds. The highest BCUT2D eigenvalue weighted by molar-refractivity contribution is 5.98. The Kier molecular flexibility index (Phi) is 5.61. The number of nitrogens with zero attached hydrogens (tertiary/aromatic N) is 3. The van der Waals surface area contributed by atoms with E-state index in [1.165, 1.54) is 17.4 Å². The van der Waals surface area contributed by atoms with Crippen molar-refractivity contribution in [2.24, 2.45) is 10.5 Å². The van der Waals surface area contributed by atoms with Crippen LogP contribution >= 0.6 is 0 Å². The molecule has 1 fully saturated rings. The number of hydrazone groups is 1. The molecule has 3 rings (SSSR count). The second kappa shape index (κ2) is 7.69. The number of hydrazine groups is 2. The topological polar surface area (TPSA) is 90.9 Å². The van der Waals surface area contributed by atoms with Gasteiger partial charge in [0.15, 0.2) is 12.4 Å². The molecule has 162 valence electrons. The fourth-order valence-corrected chi connectivity index (χ4v) is 2.94. The normalized spacial score (nSPS) is 18.5. The van der Waals surface area contributed by atoms with Crippen molar-refractivity contribution in [3.63, 3.8) is 0 Å². The predicted octanol–water partition coefficient (Wildman–Crippen LogP) is 2.56. The summed E-state index contributed by atoms with van der Waals surface area (Å²) in [6.45, 7) is 4.38. The molecule has 0 spiro atoms. The van der Waals surface area contributed by atoms with Gasteiger partial charge in [0.1, 0.15) is 11.4 Å². The van der Waals surface area contributed by atoms with Gasteiger partial charge in [0.2, 0.25) is 0 Å². The summed E-state index contributed by atoms with van der Waals surface area (Å²) >= 11 is 0. The molecule has 0 saturated heterocycles. The number of aromatic nitrogens is 1. The first-order valence-electron chi connectivity index (χ1n) is 9.28. The number of hydrogen-bond donors (Lipinski definition) is 3. The smallest absolute Gasteiger partial charge is 0.422 e. The third kappa shape index (κ3) is 5.49. The summed E-state index contributed by atoms with van der Waals surface area (Å²) < 4.78 is 42.8. The lowest BCUT2D eigenvalue weighted by Gasteiger charge is -2.31. The van der Waals surface area contributed by atoms with E-state index in [1.807, 2.05) is 20.8 Å². The molecule has 2 aliphatic rings. The van der Waals surface area contributed by atoms with Crippen LogP contribution in [-0.2, 0) is 0 Å². The highest BCUT2D eigenvalue weighted by Gasteiger charge is 2.35. The van der Waals surface area contributed by atoms with Gasteiger partial charge >= 0.3 is 6.18 Å². The molecular formula is C18H27F3N6O2. The monoisotopic (exact) mass is 416 g/mol. The van der Waals surface area contributed by atoms with Gasteiger partial charge in [-0.2, -0.15) is 13.2 Å². The molecule has 1 saturated carbocycles. The van der Waals surface area contributed by atoms with E-state index in [2.05, 4.69) is 26.4 Å². The van der Waals surface area contributed by atoms with E-state index in [0.717, 1.165) is 12.8 Å². The lowest BCUT2D eigenvalue weighted by Crippen LogP contribution is -2.54. The highest BCUT2D eigenvalue weighted by Crippen LogP contribution is 2.44. The second-order valence-electron chi connectivity index (χ2n) is 8.33. The molecule has 8 nitrogen and oxygen atoms in total. The quantitative estimate of drug-likeness (QED) is 0.660. The molecule has 0 bridgehead atoms. The number of carbonyl (C=O) groups excluding carboxylic acids is 1. The SMILES string of the molecule is CN1NN=C(C(NC(=O)c2cc(OCC(F)(F)F)c(C3CC3)cn2)C(C)(C)C)N1.[HH]. The molecule has 29 heavy (non-hydrogen) atoms. The van der Waals surface area contributed by atoms with E-state index in [-0.39, 0.29) is 18.8 Å². The molecule has 2 heterocycles. The number of alkyl halides is 3. The highest BCUT2D eigenvalue weighted by atomic mass is 19.4. The van der Waals surface area contributed by atoms with Crippen molar-refractivity contribution in [2.75, 3.05) is 13.7 Å². The van der Waals surface area contributed by atoms with Crippen LogP contribution < -0.4 is 21.0 Å². The Morgan fingerprint density at radius 2 is 2.10 bits per heavy atom. The van der Waals surface area contributed by atoms with Crippen molar-refractivity contribution in [3.8, 4) is 5.75 Å². The largest absolute Gasteiger partial charge is 0.484 e. The first kappa shape index (κ1) is 21.2. The average molecular weight is 416 g/mol. The summed E-state index contributed by atoms with van der Waals surface area (Å²) in [5.41, 5.74) is 5.90. The Morgan fingerprint density at radius 1 is 1.41 bits per heavy atom. The Hall–Kier alpha value is -2.56. The number of amidine groups is 1. The zero-order chi connectivity index (χ0) is 21.4. The van der Waals surface area contributed by atoms with Crippen molar-refractivity contribution in [1.29, 1.82) is 0 Å². The minimum atomic E-state index is -4.46. The standard InChI is InChI=1S/C18H25F3N6O2.H2/c1-17(2,3)14(15-24-26-27(4)25-15)23-16(28)12-7-13(29-9-18(19,20)21)11(8-22-12)10-5-6-10;/h7-8,10,14,26H,5-6,9H2,1-4H3,(H,23,28)(H,24,25);1H. The van der Waals surface area contributed by atoms with E-state index >= 15 is 0 Å². The second-order valence-corrected chi connectivity index (χ2v) is 8.33. The van der Waals surface area contributed by atoms with Crippen molar-refractivity contribution < 1.29 is 24.1 Å². The molecule has 1 unspecified atom stereocenters. The molecule has 11 heteroatoms. The number of rotatable bonds is 6. The lowest BCUT2D eigenvalue weighted by atomic mass is 9.86. The number of hydrogen-bond acceptors (Lipinski definition) is 7. The number of halogens is 3. The number of amides is 1. The van der Waals surface area contributed by atoms with E-state index < -0.39 is 30.1 Å². The summed E-state index contributed by atoms with van der Waals surface area (Å²) in [4.78, 5) is 17.0. The Labute approximate surface area is 168 Å². The third-order valence-electron chi connectivity index (χ3n) is 4.55. The summed E-state index contributed by atoms with van der Waals surface area (Å²) in [5, 5.41) is 8.54. The van der Waals surface area contributed by atoms with Gasteiger partial charge in [-0.15, -0.1) is 10.2 Å². The van der Waals surface area contributed by atoms with Gasteiger partial charge < -0.3 is 10.1 Å². The third-order valence-corrected chi connectivity index (χ3v) is 4.55. The van der Waals surface area contributed by atoms with Crippen molar-refractivity contribution in [1.82, 2.24) is 26.4 Å². The fraction of sp³-hybridized carbons (Fsp3) is 0.611.